The Balaban J connectivity index is 1.81. The number of hydrogen-bond acceptors (Lipinski definition) is 5. The lowest BCUT2D eigenvalue weighted by Crippen LogP contribution is -1.98. The standard InChI is InChI=1S/C17H20FN5OS/c1-4-23-10-14(16(21-23)24-5-2)15-19-20-17(22(15)3)25-11-12-6-8-13(18)9-7-12/h6-10H,4-5,11H2,1-3H3. The predicted molar refractivity (Wildman–Crippen MR) is 95.0 cm³/mol. The minimum atomic E-state index is -0.230. The van der Waals surface area contributed by atoms with E-state index in [-0.39, 0.29) is 5.82 Å². The summed E-state index contributed by atoms with van der Waals surface area (Å²) in [5.41, 5.74) is 1.86. The van der Waals surface area contributed by atoms with Gasteiger partial charge in [-0.25, -0.2) is 4.39 Å². The fraction of sp³-hybridized carbons (Fsp3) is 0.353. The summed E-state index contributed by atoms with van der Waals surface area (Å²) in [4.78, 5) is 0. The second kappa shape index (κ2) is 7.69. The SMILES string of the molecule is CCOc1nn(CC)cc1-c1nnc(SCc2ccc(F)cc2)n1C. The predicted octanol–water partition coefficient (Wildman–Crippen LogP) is 3.53. The van der Waals surface area contributed by atoms with E-state index in [1.807, 2.05) is 36.3 Å². The highest BCUT2D eigenvalue weighted by Gasteiger charge is 2.19. The lowest BCUT2D eigenvalue weighted by Gasteiger charge is -2.04. The van der Waals surface area contributed by atoms with E-state index in [9.17, 15) is 4.39 Å². The molecular weight excluding hydrogens is 341 g/mol. The van der Waals surface area contributed by atoms with Crippen molar-refractivity contribution in [3.05, 3.63) is 41.8 Å². The first-order chi connectivity index (χ1) is 12.1. The Hall–Kier alpha value is -2.35. The lowest BCUT2D eigenvalue weighted by atomic mass is 10.2. The minimum Gasteiger partial charge on any atom is -0.476 e. The Labute approximate surface area is 150 Å². The summed E-state index contributed by atoms with van der Waals surface area (Å²) in [5.74, 6) is 1.74. The molecule has 0 fully saturated rings. The van der Waals surface area contributed by atoms with Crippen molar-refractivity contribution in [1.82, 2.24) is 24.5 Å². The monoisotopic (exact) mass is 361 g/mol. The van der Waals surface area contributed by atoms with Gasteiger partial charge in [0.2, 0.25) is 5.88 Å². The molecule has 3 aromatic rings. The van der Waals surface area contributed by atoms with Crippen molar-refractivity contribution in [2.75, 3.05) is 6.61 Å². The molecule has 0 amide bonds. The van der Waals surface area contributed by atoms with Gasteiger partial charge in [0.05, 0.1) is 6.61 Å². The molecule has 0 saturated carbocycles. The number of nitrogens with zero attached hydrogens (tertiary/aromatic N) is 5. The number of thioether (sulfide) groups is 1. The second-order valence-electron chi connectivity index (χ2n) is 5.42. The van der Waals surface area contributed by atoms with Crippen LogP contribution in [0, 0.1) is 5.82 Å². The average Bonchev–Trinajstić information content (AvgIpc) is 3.18. The molecule has 0 radical (unpaired) electrons. The molecule has 0 aliphatic heterocycles. The topological polar surface area (TPSA) is 57.8 Å². The third-order valence-electron chi connectivity index (χ3n) is 3.69. The molecule has 0 aliphatic carbocycles. The van der Waals surface area contributed by atoms with Crippen LogP contribution in [0.2, 0.25) is 0 Å². The third-order valence-corrected chi connectivity index (χ3v) is 4.78. The molecule has 0 atom stereocenters. The van der Waals surface area contributed by atoms with Crippen molar-refractivity contribution in [3.8, 4) is 17.3 Å². The summed E-state index contributed by atoms with van der Waals surface area (Å²) in [5, 5.41) is 13.8. The number of aromatic nitrogens is 5. The van der Waals surface area contributed by atoms with E-state index in [0.29, 0.717) is 24.1 Å². The van der Waals surface area contributed by atoms with E-state index < -0.39 is 0 Å². The Morgan fingerprint density at radius 1 is 1.16 bits per heavy atom. The van der Waals surface area contributed by atoms with Crippen LogP contribution < -0.4 is 4.74 Å². The quantitative estimate of drug-likeness (QED) is 0.603. The first-order valence-electron chi connectivity index (χ1n) is 8.09. The number of halogens is 1. The van der Waals surface area contributed by atoms with E-state index in [1.54, 1.807) is 23.9 Å². The van der Waals surface area contributed by atoms with Gasteiger partial charge in [-0.2, -0.15) is 0 Å². The summed E-state index contributed by atoms with van der Waals surface area (Å²) in [6.07, 6.45) is 1.92. The van der Waals surface area contributed by atoms with E-state index >= 15 is 0 Å². The number of aryl methyl sites for hydroxylation is 1. The number of ether oxygens (including phenoxy) is 1. The molecule has 0 bridgehead atoms. The van der Waals surface area contributed by atoms with Crippen LogP contribution in [-0.2, 0) is 19.3 Å². The highest BCUT2D eigenvalue weighted by atomic mass is 32.2. The van der Waals surface area contributed by atoms with E-state index in [0.717, 1.165) is 22.8 Å². The van der Waals surface area contributed by atoms with Gasteiger partial charge in [0, 0.05) is 25.5 Å². The molecule has 0 unspecified atom stereocenters. The molecule has 0 saturated heterocycles. The number of benzene rings is 1. The van der Waals surface area contributed by atoms with E-state index in [1.165, 1.54) is 12.1 Å². The van der Waals surface area contributed by atoms with Crippen molar-refractivity contribution >= 4 is 11.8 Å². The Kier molecular flexibility index (Phi) is 5.37. The van der Waals surface area contributed by atoms with Crippen LogP contribution in [0.4, 0.5) is 4.39 Å². The maximum Gasteiger partial charge on any atom is 0.243 e. The summed E-state index contributed by atoms with van der Waals surface area (Å²) < 4.78 is 22.4. The van der Waals surface area contributed by atoms with Crippen molar-refractivity contribution in [2.45, 2.75) is 31.3 Å². The van der Waals surface area contributed by atoms with Gasteiger partial charge in [0.25, 0.3) is 0 Å². The van der Waals surface area contributed by atoms with E-state index in [4.69, 9.17) is 4.74 Å². The van der Waals surface area contributed by atoms with Gasteiger partial charge < -0.3 is 9.30 Å². The molecule has 2 heterocycles. The highest BCUT2D eigenvalue weighted by molar-refractivity contribution is 7.98. The molecule has 2 aromatic heterocycles. The highest BCUT2D eigenvalue weighted by Crippen LogP contribution is 2.30. The van der Waals surface area contributed by atoms with Gasteiger partial charge in [-0.05, 0) is 31.5 Å². The Morgan fingerprint density at radius 2 is 1.92 bits per heavy atom. The third kappa shape index (κ3) is 3.84. The molecule has 6 nitrogen and oxygen atoms in total. The smallest absolute Gasteiger partial charge is 0.243 e. The van der Waals surface area contributed by atoms with E-state index in [2.05, 4.69) is 15.3 Å². The lowest BCUT2D eigenvalue weighted by molar-refractivity contribution is 0.322. The molecule has 0 spiro atoms. The maximum atomic E-state index is 13.0. The minimum absolute atomic E-state index is 0.230. The van der Waals surface area contributed by atoms with Crippen molar-refractivity contribution in [1.29, 1.82) is 0 Å². The van der Waals surface area contributed by atoms with Gasteiger partial charge in [-0.15, -0.1) is 15.3 Å². The van der Waals surface area contributed by atoms with Crippen LogP contribution in [0.15, 0.2) is 35.6 Å². The van der Waals surface area contributed by atoms with Crippen molar-refractivity contribution < 1.29 is 9.13 Å². The summed E-state index contributed by atoms with van der Waals surface area (Å²) in [6, 6.07) is 6.48. The van der Waals surface area contributed by atoms with Gasteiger partial charge in [0.15, 0.2) is 11.0 Å². The van der Waals surface area contributed by atoms with Crippen LogP contribution in [0.5, 0.6) is 5.88 Å². The van der Waals surface area contributed by atoms with Crippen molar-refractivity contribution in [2.24, 2.45) is 7.05 Å². The Bertz CT molecular complexity index is 843. The largest absolute Gasteiger partial charge is 0.476 e. The van der Waals surface area contributed by atoms with Crippen LogP contribution >= 0.6 is 11.8 Å². The average molecular weight is 361 g/mol. The maximum absolute atomic E-state index is 13.0. The molecule has 1 aromatic carbocycles. The molecule has 8 heteroatoms. The van der Waals surface area contributed by atoms with Crippen LogP contribution in [-0.4, -0.2) is 31.2 Å². The van der Waals surface area contributed by atoms with Crippen LogP contribution in [0.3, 0.4) is 0 Å². The summed E-state index contributed by atoms with van der Waals surface area (Å²) in [7, 11) is 1.92. The molecule has 0 N–H and O–H groups in total. The molecule has 132 valence electrons. The second-order valence-corrected chi connectivity index (χ2v) is 6.36. The summed E-state index contributed by atoms with van der Waals surface area (Å²) in [6.45, 7) is 5.24. The van der Waals surface area contributed by atoms with Gasteiger partial charge >= 0.3 is 0 Å². The molecule has 0 aliphatic rings. The normalized spacial score (nSPS) is 11.0. The van der Waals surface area contributed by atoms with Crippen molar-refractivity contribution in [3.63, 3.8) is 0 Å². The molecule has 3 rings (SSSR count). The zero-order valence-corrected chi connectivity index (χ0v) is 15.3. The van der Waals surface area contributed by atoms with Gasteiger partial charge in [-0.3, -0.25) is 4.68 Å². The zero-order chi connectivity index (χ0) is 17.8. The Morgan fingerprint density at radius 3 is 2.60 bits per heavy atom. The van der Waals surface area contributed by atoms with Crippen LogP contribution in [0.1, 0.15) is 19.4 Å². The first-order valence-corrected chi connectivity index (χ1v) is 9.08. The molecular formula is C17H20FN5OS. The van der Waals surface area contributed by atoms with Gasteiger partial charge in [-0.1, -0.05) is 23.9 Å². The number of rotatable bonds is 7. The zero-order valence-electron chi connectivity index (χ0n) is 14.4. The fourth-order valence-electron chi connectivity index (χ4n) is 2.37. The van der Waals surface area contributed by atoms with Gasteiger partial charge in [0.1, 0.15) is 11.4 Å². The first kappa shape index (κ1) is 17.5. The van der Waals surface area contributed by atoms with Crippen LogP contribution in [0.25, 0.3) is 11.4 Å². The molecule has 25 heavy (non-hydrogen) atoms. The summed E-state index contributed by atoms with van der Waals surface area (Å²) >= 11 is 1.55. The fourth-order valence-corrected chi connectivity index (χ4v) is 3.23. The number of hydrogen-bond donors (Lipinski definition) is 0.